The van der Waals surface area contributed by atoms with Crippen LogP contribution in [0.2, 0.25) is 0 Å². The van der Waals surface area contributed by atoms with Crippen molar-refractivity contribution < 1.29 is 0 Å². The van der Waals surface area contributed by atoms with Crippen molar-refractivity contribution in [2.45, 2.75) is 0 Å². The molecule has 5 heteroatoms. The van der Waals surface area contributed by atoms with E-state index in [1.165, 1.54) is 5.39 Å². The van der Waals surface area contributed by atoms with Crippen molar-refractivity contribution in [1.29, 1.82) is 0 Å². The maximum atomic E-state index is 4.90. The monoisotopic (exact) mass is 390 g/mol. The molecule has 0 aliphatic rings. The molecule has 6 rings (SSSR count). The molecule has 0 spiro atoms. The maximum absolute atomic E-state index is 4.90. The average molecular weight is 390 g/mol. The Bertz CT molecular complexity index is 1490. The van der Waals surface area contributed by atoms with E-state index in [1.54, 1.807) is 17.5 Å². The fourth-order valence-corrected chi connectivity index (χ4v) is 4.51. The standard InChI is InChI=1S/C24H14N4S/c1-2-6-18-15(5-1)9-10-17-14-26-23(28-22(17)18)16-11-12-25-20(13-16)24-27-19-7-3-4-8-21(19)29-24/h1-14H. The first kappa shape index (κ1) is 16.3. The Kier molecular flexibility index (Phi) is 3.61. The molecule has 136 valence electrons. The predicted octanol–water partition coefficient (Wildman–Crippen LogP) is 6.12. The van der Waals surface area contributed by atoms with E-state index >= 15 is 0 Å². The highest BCUT2D eigenvalue weighted by atomic mass is 32.1. The van der Waals surface area contributed by atoms with Gasteiger partial charge in [0.05, 0.1) is 21.4 Å². The van der Waals surface area contributed by atoms with E-state index in [0.29, 0.717) is 5.82 Å². The van der Waals surface area contributed by atoms with Gasteiger partial charge >= 0.3 is 0 Å². The van der Waals surface area contributed by atoms with Crippen molar-refractivity contribution in [3.05, 3.63) is 85.2 Å². The molecule has 0 N–H and O–H groups in total. The van der Waals surface area contributed by atoms with Gasteiger partial charge < -0.3 is 0 Å². The third-order valence-corrected chi connectivity index (χ3v) is 6.07. The van der Waals surface area contributed by atoms with Crippen LogP contribution in [0, 0.1) is 0 Å². The lowest BCUT2D eigenvalue weighted by Gasteiger charge is -2.06. The molecule has 0 radical (unpaired) electrons. The van der Waals surface area contributed by atoms with E-state index in [0.717, 1.165) is 42.8 Å². The van der Waals surface area contributed by atoms with Gasteiger partial charge in [-0.3, -0.25) is 4.98 Å². The summed E-state index contributed by atoms with van der Waals surface area (Å²) >= 11 is 1.64. The molecule has 0 fully saturated rings. The number of aromatic nitrogens is 4. The van der Waals surface area contributed by atoms with E-state index < -0.39 is 0 Å². The summed E-state index contributed by atoms with van der Waals surface area (Å²) in [6.45, 7) is 0. The Labute approximate surface area is 170 Å². The highest BCUT2D eigenvalue weighted by Gasteiger charge is 2.11. The number of rotatable bonds is 2. The molecule has 3 aromatic heterocycles. The summed E-state index contributed by atoms with van der Waals surface area (Å²) in [5.74, 6) is 0.693. The highest BCUT2D eigenvalue weighted by Crippen LogP contribution is 2.31. The van der Waals surface area contributed by atoms with Crippen LogP contribution in [0.25, 0.3) is 54.0 Å². The first-order valence-electron chi connectivity index (χ1n) is 9.32. The molecule has 0 aliphatic heterocycles. The zero-order valence-electron chi connectivity index (χ0n) is 15.3. The van der Waals surface area contributed by atoms with Crippen molar-refractivity contribution in [3.8, 4) is 22.1 Å². The molecular formula is C24H14N4S. The molecule has 4 nitrogen and oxygen atoms in total. The summed E-state index contributed by atoms with van der Waals surface area (Å²) in [4.78, 5) is 18.8. The van der Waals surface area contributed by atoms with Gasteiger partial charge in [0.25, 0.3) is 0 Å². The van der Waals surface area contributed by atoms with Crippen LogP contribution < -0.4 is 0 Å². The number of hydrogen-bond donors (Lipinski definition) is 0. The Morgan fingerprint density at radius 3 is 2.55 bits per heavy atom. The van der Waals surface area contributed by atoms with Crippen molar-refractivity contribution in [2.24, 2.45) is 0 Å². The predicted molar refractivity (Wildman–Crippen MR) is 119 cm³/mol. The van der Waals surface area contributed by atoms with Crippen LogP contribution in [0.15, 0.2) is 85.2 Å². The number of pyridine rings is 1. The molecule has 3 aromatic carbocycles. The van der Waals surface area contributed by atoms with Gasteiger partial charge in [-0.2, -0.15) is 0 Å². The molecule has 3 heterocycles. The molecule has 0 bridgehead atoms. The van der Waals surface area contributed by atoms with Crippen molar-refractivity contribution in [2.75, 3.05) is 0 Å². The fraction of sp³-hybridized carbons (Fsp3) is 0. The van der Waals surface area contributed by atoms with E-state index in [4.69, 9.17) is 9.97 Å². The van der Waals surface area contributed by atoms with Crippen LogP contribution in [0.4, 0.5) is 0 Å². The van der Waals surface area contributed by atoms with Crippen LogP contribution in [-0.4, -0.2) is 19.9 Å². The van der Waals surface area contributed by atoms with Gasteiger partial charge in [-0.25, -0.2) is 15.0 Å². The molecule has 0 atom stereocenters. The summed E-state index contributed by atoms with van der Waals surface area (Å²) in [6.07, 6.45) is 3.69. The van der Waals surface area contributed by atoms with Crippen molar-refractivity contribution >= 4 is 43.2 Å². The second-order valence-electron chi connectivity index (χ2n) is 6.83. The number of hydrogen-bond acceptors (Lipinski definition) is 5. The van der Waals surface area contributed by atoms with Gasteiger partial charge in [0.15, 0.2) is 5.82 Å². The van der Waals surface area contributed by atoms with Gasteiger partial charge in [0, 0.05) is 28.7 Å². The Morgan fingerprint density at radius 2 is 1.59 bits per heavy atom. The van der Waals surface area contributed by atoms with E-state index in [1.807, 2.05) is 48.7 Å². The first-order valence-corrected chi connectivity index (χ1v) is 10.1. The van der Waals surface area contributed by atoms with Crippen molar-refractivity contribution in [1.82, 2.24) is 19.9 Å². The molecule has 0 amide bonds. The van der Waals surface area contributed by atoms with Crippen LogP contribution in [0.3, 0.4) is 0 Å². The van der Waals surface area contributed by atoms with E-state index in [-0.39, 0.29) is 0 Å². The number of nitrogens with zero attached hydrogens (tertiary/aromatic N) is 4. The van der Waals surface area contributed by atoms with E-state index in [2.05, 4.69) is 40.3 Å². The first-order chi connectivity index (χ1) is 14.3. The minimum Gasteiger partial charge on any atom is -0.254 e. The second kappa shape index (κ2) is 6.43. The smallest absolute Gasteiger partial charge is 0.159 e. The van der Waals surface area contributed by atoms with Crippen LogP contribution >= 0.6 is 11.3 Å². The van der Waals surface area contributed by atoms with Gasteiger partial charge in [0.1, 0.15) is 5.01 Å². The maximum Gasteiger partial charge on any atom is 0.159 e. The molecule has 6 aromatic rings. The quantitative estimate of drug-likeness (QED) is 0.334. The lowest BCUT2D eigenvalue weighted by molar-refractivity contribution is 1.22. The number of thiazole rings is 1. The van der Waals surface area contributed by atoms with E-state index in [9.17, 15) is 0 Å². The minimum absolute atomic E-state index is 0.693. The molecule has 0 aliphatic carbocycles. The lowest BCUT2D eigenvalue weighted by atomic mass is 10.1. The topological polar surface area (TPSA) is 51.6 Å². The number of fused-ring (bicyclic) bond motifs is 4. The summed E-state index contributed by atoms with van der Waals surface area (Å²) < 4.78 is 1.16. The fourth-order valence-electron chi connectivity index (χ4n) is 3.57. The zero-order valence-corrected chi connectivity index (χ0v) is 16.1. The molecule has 0 saturated heterocycles. The summed E-state index contributed by atoms with van der Waals surface area (Å²) in [5.41, 5.74) is 3.73. The molecule has 0 unspecified atom stereocenters. The summed E-state index contributed by atoms with van der Waals surface area (Å²) in [5, 5.41) is 4.25. The Balaban J connectivity index is 1.50. The summed E-state index contributed by atoms with van der Waals surface area (Å²) in [6, 6.07) is 24.6. The van der Waals surface area contributed by atoms with Crippen LogP contribution in [0.5, 0.6) is 0 Å². The Morgan fingerprint density at radius 1 is 0.724 bits per heavy atom. The van der Waals surface area contributed by atoms with Gasteiger partial charge in [-0.1, -0.05) is 48.5 Å². The van der Waals surface area contributed by atoms with Crippen molar-refractivity contribution in [3.63, 3.8) is 0 Å². The van der Waals surface area contributed by atoms with Gasteiger partial charge in [0.2, 0.25) is 0 Å². The third-order valence-electron chi connectivity index (χ3n) is 5.01. The number of benzene rings is 3. The number of para-hydroxylation sites is 1. The highest BCUT2D eigenvalue weighted by molar-refractivity contribution is 7.21. The SMILES string of the molecule is c1ccc2c(c1)ccc1cnc(-c3ccnc(-c4nc5ccccc5s4)c3)nc12. The Hall–Kier alpha value is -3.70. The summed E-state index contributed by atoms with van der Waals surface area (Å²) in [7, 11) is 0. The van der Waals surface area contributed by atoms with Gasteiger partial charge in [-0.15, -0.1) is 11.3 Å². The normalized spacial score (nSPS) is 11.4. The molecule has 29 heavy (non-hydrogen) atoms. The third kappa shape index (κ3) is 2.75. The van der Waals surface area contributed by atoms with Crippen LogP contribution in [-0.2, 0) is 0 Å². The second-order valence-corrected chi connectivity index (χ2v) is 7.87. The largest absolute Gasteiger partial charge is 0.254 e. The minimum atomic E-state index is 0.693. The van der Waals surface area contributed by atoms with Crippen LogP contribution in [0.1, 0.15) is 0 Å². The molecule has 0 saturated carbocycles. The van der Waals surface area contributed by atoms with Gasteiger partial charge in [-0.05, 0) is 29.7 Å². The average Bonchev–Trinajstić information content (AvgIpc) is 3.23. The molecular weight excluding hydrogens is 376 g/mol. The zero-order chi connectivity index (χ0) is 19.2. The lowest BCUT2D eigenvalue weighted by Crippen LogP contribution is -1.92.